The van der Waals surface area contributed by atoms with Crippen molar-refractivity contribution in [3.63, 3.8) is 0 Å². The fraction of sp³-hybridized carbons (Fsp3) is 0.429. The monoisotopic (exact) mass is 850 g/mol. The van der Waals surface area contributed by atoms with Gasteiger partial charge in [-0.2, -0.15) is 0 Å². The number of benzene rings is 3. The van der Waals surface area contributed by atoms with E-state index in [4.69, 9.17) is 9.47 Å². The Balaban J connectivity index is 1.44. The molecule has 0 bridgehead atoms. The van der Waals surface area contributed by atoms with E-state index < -0.39 is 19.8 Å². The molecule has 10 heteroatoms. The molecule has 5 atom stereocenters. The van der Waals surface area contributed by atoms with E-state index >= 15 is 0 Å². The molecule has 2 amide bonds. The zero-order valence-electron chi connectivity index (χ0n) is 26.1. The van der Waals surface area contributed by atoms with Gasteiger partial charge >= 0.3 is 0 Å². The minimum Gasteiger partial charge on any atom is -0.497 e. The summed E-state index contributed by atoms with van der Waals surface area (Å²) < 4.78 is 14.8. The van der Waals surface area contributed by atoms with Gasteiger partial charge in [0, 0.05) is 25.2 Å². The van der Waals surface area contributed by atoms with Crippen LogP contribution in [0.3, 0.4) is 0 Å². The maximum atomic E-state index is 14.9. The zero-order chi connectivity index (χ0) is 32.1. The quantitative estimate of drug-likeness (QED) is 0.221. The highest BCUT2D eigenvalue weighted by Crippen LogP contribution is 2.60. The standard InChI is InChI=1S/C35H40I2N2O5Si/c1-22-33(45(3,4)28-14-12-27(43-2)13-15-28)31(19-32(41)38-17-5-6-26(38)21-40)44-35(22)29-18-25(37)11-16-30(29)39(34(35)42)20-23-7-9-24(36)10-8-23/h7-16,18,22,26,31,33,40H,5-6,17,19-21H2,1-4H3/t22-,26+,31+,33-,35+/m1/s1. The average molecular weight is 851 g/mol. The van der Waals surface area contributed by atoms with Crippen LogP contribution in [0.4, 0.5) is 5.69 Å². The van der Waals surface area contributed by atoms with E-state index in [1.54, 1.807) is 7.11 Å². The summed E-state index contributed by atoms with van der Waals surface area (Å²) in [7, 11) is -0.707. The Morgan fingerprint density at radius 3 is 2.42 bits per heavy atom. The lowest BCUT2D eigenvalue weighted by Gasteiger charge is -2.37. The summed E-state index contributed by atoms with van der Waals surface area (Å²) in [6.45, 7) is 7.88. The topological polar surface area (TPSA) is 79.3 Å². The number of aliphatic hydroxyl groups is 1. The lowest BCUT2D eigenvalue weighted by atomic mass is 9.82. The molecule has 2 saturated heterocycles. The van der Waals surface area contributed by atoms with Crippen molar-refractivity contribution < 1.29 is 24.2 Å². The molecule has 3 aliphatic heterocycles. The highest BCUT2D eigenvalue weighted by Gasteiger charge is 2.66. The van der Waals surface area contributed by atoms with Gasteiger partial charge < -0.3 is 24.4 Å². The van der Waals surface area contributed by atoms with Crippen molar-refractivity contribution >= 4 is 75.9 Å². The van der Waals surface area contributed by atoms with Crippen molar-refractivity contribution in [1.29, 1.82) is 0 Å². The number of nitrogens with zero attached hydrogens (tertiary/aromatic N) is 2. The molecule has 3 heterocycles. The minimum absolute atomic E-state index is 0.00520. The van der Waals surface area contributed by atoms with Crippen LogP contribution in [-0.2, 0) is 26.5 Å². The number of rotatable bonds is 8. The molecule has 2 fully saturated rings. The normalized spacial score (nSPS) is 26.2. The zero-order valence-corrected chi connectivity index (χ0v) is 31.4. The van der Waals surface area contributed by atoms with Crippen molar-refractivity contribution in [3.05, 3.63) is 85.0 Å². The van der Waals surface area contributed by atoms with Crippen LogP contribution in [0.5, 0.6) is 5.75 Å². The van der Waals surface area contributed by atoms with Crippen molar-refractivity contribution in [1.82, 2.24) is 4.90 Å². The Labute approximate surface area is 294 Å². The number of aliphatic hydroxyl groups excluding tert-OH is 1. The van der Waals surface area contributed by atoms with E-state index in [9.17, 15) is 14.7 Å². The number of likely N-dealkylation sites (tertiary alicyclic amines) is 1. The number of methoxy groups -OCH3 is 1. The first kappa shape index (κ1) is 32.9. The van der Waals surface area contributed by atoms with Gasteiger partial charge in [-0.15, -0.1) is 0 Å². The molecule has 45 heavy (non-hydrogen) atoms. The maximum Gasteiger partial charge on any atom is 0.264 e. The van der Waals surface area contributed by atoms with E-state index in [0.717, 1.165) is 42.5 Å². The molecule has 1 N–H and O–H groups in total. The first-order valence-electron chi connectivity index (χ1n) is 15.6. The summed E-state index contributed by atoms with van der Waals surface area (Å²) in [5.41, 5.74) is 1.59. The third-order valence-corrected chi connectivity index (χ3v) is 16.1. The molecule has 6 rings (SSSR count). The molecule has 7 nitrogen and oxygen atoms in total. The van der Waals surface area contributed by atoms with Gasteiger partial charge in [0.25, 0.3) is 5.91 Å². The minimum atomic E-state index is -2.37. The van der Waals surface area contributed by atoms with Crippen molar-refractivity contribution in [2.75, 3.05) is 25.2 Å². The summed E-state index contributed by atoms with van der Waals surface area (Å²) >= 11 is 4.61. The van der Waals surface area contributed by atoms with E-state index in [2.05, 4.69) is 108 Å². The van der Waals surface area contributed by atoms with Gasteiger partial charge in [0.1, 0.15) is 5.75 Å². The van der Waals surface area contributed by atoms with Crippen LogP contribution >= 0.6 is 45.2 Å². The summed E-state index contributed by atoms with van der Waals surface area (Å²) in [5, 5.41) is 11.2. The third-order valence-electron chi connectivity index (χ3n) is 10.3. The summed E-state index contributed by atoms with van der Waals surface area (Å²) in [4.78, 5) is 32.6. The maximum absolute atomic E-state index is 14.9. The number of hydrogen-bond donors (Lipinski definition) is 1. The van der Waals surface area contributed by atoms with Crippen molar-refractivity contribution in [2.45, 2.75) is 69.1 Å². The SMILES string of the molecule is COc1ccc([Si](C)(C)[C@H]2[C@H](CC(=O)N3CCC[C@H]3CO)O[C@@]3(C(=O)N(Cc4ccc(I)cc4)c4ccc(I)cc43)[C@@H]2C)cc1. The molecule has 0 radical (unpaired) electrons. The number of amides is 2. The second-order valence-corrected chi connectivity index (χ2v) is 20.3. The third kappa shape index (κ3) is 5.76. The predicted octanol–water partition coefficient (Wildman–Crippen LogP) is 6.04. The van der Waals surface area contributed by atoms with Gasteiger partial charge in [-0.25, -0.2) is 0 Å². The fourth-order valence-corrected chi connectivity index (χ4v) is 12.9. The molecule has 0 aromatic heterocycles. The van der Waals surface area contributed by atoms with E-state index in [-0.39, 0.29) is 42.3 Å². The van der Waals surface area contributed by atoms with Gasteiger partial charge in [0.15, 0.2) is 5.60 Å². The van der Waals surface area contributed by atoms with Crippen LogP contribution < -0.4 is 14.8 Å². The van der Waals surface area contributed by atoms with Gasteiger partial charge in [-0.05, 0) is 112 Å². The average Bonchev–Trinajstić information content (AvgIpc) is 3.69. The first-order valence-corrected chi connectivity index (χ1v) is 20.8. The number of halogens is 2. The predicted molar refractivity (Wildman–Crippen MR) is 196 cm³/mol. The number of anilines is 1. The van der Waals surface area contributed by atoms with Gasteiger partial charge in [-0.1, -0.05) is 49.5 Å². The van der Waals surface area contributed by atoms with Crippen molar-refractivity contribution in [2.24, 2.45) is 5.92 Å². The smallest absolute Gasteiger partial charge is 0.264 e. The van der Waals surface area contributed by atoms with Gasteiger partial charge in [0.2, 0.25) is 5.91 Å². The second kappa shape index (κ2) is 12.9. The van der Waals surface area contributed by atoms with Crippen LogP contribution in [0.1, 0.15) is 37.3 Å². The molecule has 0 saturated carbocycles. The molecule has 3 aliphatic rings. The molecular weight excluding hydrogens is 810 g/mol. The Morgan fingerprint density at radius 1 is 1.07 bits per heavy atom. The molecule has 3 aromatic rings. The number of carbonyl (C=O) groups excluding carboxylic acids is 2. The number of carbonyl (C=O) groups is 2. The van der Waals surface area contributed by atoms with Gasteiger partial charge in [0.05, 0.1) is 52.6 Å². The lowest BCUT2D eigenvalue weighted by Crippen LogP contribution is -2.52. The molecule has 3 aromatic carbocycles. The highest BCUT2D eigenvalue weighted by atomic mass is 127. The summed E-state index contributed by atoms with van der Waals surface area (Å²) in [6.07, 6.45) is 1.42. The highest BCUT2D eigenvalue weighted by molar-refractivity contribution is 14.1. The largest absolute Gasteiger partial charge is 0.497 e. The lowest BCUT2D eigenvalue weighted by molar-refractivity contribution is -0.150. The second-order valence-electron chi connectivity index (χ2n) is 13.1. The Kier molecular flexibility index (Phi) is 9.43. The molecule has 1 spiro atoms. The van der Waals surface area contributed by atoms with Crippen molar-refractivity contribution in [3.8, 4) is 5.75 Å². The van der Waals surface area contributed by atoms with E-state index in [1.807, 2.05) is 34.1 Å². The van der Waals surface area contributed by atoms with E-state index in [0.29, 0.717) is 13.1 Å². The molecule has 238 valence electrons. The fourth-order valence-electron chi connectivity index (χ4n) is 8.06. The Hall–Kier alpha value is -2.00. The molecular formula is C35H40I2N2O5Si. The number of ether oxygens (including phenoxy) is 2. The number of hydrogen-bond acceptors (Lipinski definition) is 5. The van der Waals surface area contributed by atoms with Crippen LogP contribution in [0, 0.1) is 13.1 Å². The van der Waals surface area contributed by atoms with Crippen LogP contribution in [-0.4, -0.2) is 62.3 Å². The Bertz CT molecular complexity index is 1580. The summed E-state index contributed by atoms with van der Waals surface area (Å²) in [5.74, 6) is 0.554. The van der Waals surface area contributed by atoms with Crippen LogP contribution in [0.2, 0.25) is 18.6 Å². The molecule has 0 aliphatic carbocycles. The van der Waals surface area contributed by atoms with Crippen LogP contribution in [0.25, 0.3) is 0 Å². The van der Waals surface area contributed by atoms with Gasteiger partial charge in [-0.3, -0.25) is 9.59 Å². The molecule has 0 unspecified atom stereocenters. The number of fused-ring (bicyclic) bond motifs is 2. The van der Waals surface area contributed by atoms with E-state index in [1.165, 1.54) is 5.19 Å². The summed E-state index contributed by atoms with van der Waals surface area (Å²) in [6, 6.07) is 22.6. The van der Waals surface area contributed by atoms with Crippen LogP contribution in [0.15, 0.2) is 66.7 Å². The first-order chi connectivity index (χ1) is 21.5. The Morgan fingerprint density at radius 2 is 1.76 bits per heavy atom.